The zero-order valence-electron chi connectivity index (χ0n) is 39.6. The third kappa shape index (κ3) is 6.83. The van der Waals surface area contributed by atoms with Gasteiger partial charge in [0.05, 0.1) is 0 Å². The highest BCUT2D eigenvalue weighted by atomic mass is 15.1. The number of hydrogen-bond acceptors (Lipinski definition) is 1. The van der Waals surface area contributed by atoms with Crippen LogP contribution in [-0.2, 0) is 21.7 Å². The van der Waals surface area contributed by atoms with Gasteiger partial charge in [-0.3, -0.25) is 0 Å². The molecule has 8 aromatic carbocycles. The smallest absolute Gasteiger partial charge is 0.0474 e. The van der Waals surface area contributed by atoms with Crippen molar-refractivity contribution in [3.05, 3.63) is 209 Å². The van der Waals surface area contributed by atoms with E-state index in [1.165, 1.54) is 94.6 Å². The maximum Gasteiger partial charge on any atom is 0.0474 e. The first-order valence-corrected chi connectivity index (χ1v) is 23.2. The van der Waals surface area contributed by atoms with Crippen LogP contribution in [0.4, 0.5) is 17.1 Å². The molecule has 0 atom stereocenters. The Morgan fingerprint density at radius 3 is 1.12 bits per heavy atom. The van der Waals surface area contributed by atoms with Crippen LogP contribution in [0.15, 0.2) is 170 Å². The van der Waals surface area contributed by atoms with Gasteiger partial charge >= 0.3 is 0 Å². The van der Waals surface area contributed by atoms with Crippen LogP contribution in [0.25, 0.3) is 55.6 Å². The first-order valence-electron chi connectivity index (χ1n) is 23.2. The summed E-state index contributed by atoms with van der Waals surface area (Å²) in [7, 11) is 0. The highest BCUT2D eigenvalue weighted by Crippen LogP contribution is 2.54. The first-order chi connectivity index (χ1) is 30.4. The van der Waals surface area contributed by atoms with Gasteiger partial charge in [-0.15, -0.1) is 0 Å². The lowest BCUT2D eigenvalue weighted by atomic mass is 9.78. The summed E-state index contributed by atoms with van der Waals surface area (Å²) in [6, 6.07) is 64.3. The lowest BCUT2D eigenvalue weighted by Crippen LogP contribution is -2.17. The van der Waals surface area contributed by atoms with E-state index in [-0.39, 0.29) is 21.7 Å². The van der Waals surface area contributed by atoms with E-state index in [9.17, 15) is 0 Å². The molecule has 2 aliphatic rings. The minimum absolute atomic E-state index is 0.0798. The third-order valence-electron chi connectivity index (χ3n) is 14.6. The van der Waals surface area contributed by atoms with Crippen molar-refractivity contribution in [1.29, 1.82) is 0 Å². The number of hydrogen-bond donors (Lipinski definition) is 0. The Bertz CT molecular complexity index is 2950. The fraction of sp³-hybridized carbons (Fsp3) is 0.238. The summed E-state index contributed by atoms with van der Waals surface area (Å²) < 4.78 is 0. The Hall–Kier alpha value is -6.44. The van der Waals surface area contributed by atoms with Crippen LogP contribution in [0.2, 0.25) is 0 Å². The van der Waals surface area contributed by atoms with Crippen molar-refractivity contribution in [3.8, 4) is 55.6 Å². The van der Waals surface area contributed by atoms with Gasteiger partial charge in [0.1, 0.15) is 0 Å². The molecular weight excluding hydrogens is 771 g/mol. The standard InChI is InChI=1S/C63H61N/c1-40-54(43-24-30-50-52-32-26-45(60(2,3)4)36-58(52)62(8,9)56(50)34-43)38-49(64(47-20-16-13-17-21-47)48-28-22-42(23-29-48)41-18-14-12-15-19-41)39-55(40)44-25-31-51-53-33-27-46(61(5,6)7)37-59(53)63(10,11)57(51)35-44/h12-39H,1-11H3. The van der Waals surface area contributed by atoms with E-state index in [1.807, 2.05) is 0 Å². The highest BCUT2D eigenvalue weighted by Gasteiger charge is 2.38. The van der Waals surface area contributed by atoms with Gasteiger partial charge in [0.25, 0.3) is 0 Å². The molecule has 318 valence electrons. The van der Waals surface area contributed by atoms with Crippen LogP contribution in [-0.4, -0.2) is 0 Å². The van der Waals surface area contributed by atoms with Crippen molar-refractivity contribution in [2.45, 2.75) is 97.8 Å². The molecule has 1 nitrogen and oxygen atoms in total. The molecule has 0 amide bonds. The minimum Gasteiger partial charge on any atom is -0.310 e. The normalized spacial score (nSPS) is 14.4. The van der Waals surface area contributed by atoms with E-state index in [2.05, 4.69) is 251 Å². The molecule has 2 aliphatic carbocycles. The lowest BCUT2D eigenvalue weighted by Gasteiger charge is -2.29. The molecule has 0 spiro atoms. The van der Waals surface area contributed by atoms with Crippen LogP contribution in [0.3, 0.4) is 0 Å². The highest BCUT2D eigenvalue weighted by molar-refractivity contribution is 5.92. The largest absolute Gasteiger partial charge is 0.310 e. The average molecular weight is 832 g/mol. The summed E-state index contributed by atoms with van der Waals surface area (Å²) in [5, 5.41) is 0. The van der Waals surface area contributed by atoms with Crippen LogP contribution in [0, 0.1) is 6.92 Å². The Kier molecular flexibility index (Phi) is 9.62. The van der Waals surface area contributed by atoms with Crippen LogP contribution < -0.4 is 4.90 Å². The van der Waals surface area contributed by atoms with E-state index in [0.29, 0.717) is 0 Å². The van der Waals surface area contributed by atoms with Gasteiger partial charge in [-0.2, -0.15) is 0 Å². The zero-order chi connectivity index (χ0) is 44.9. The van der Waals surface area contributed by atoms with Crippen molar-refractivity contribution in [2.75, 3.05) is 4.90 Å². The molecule has 0 fully saturated rings. The molecule has 10 rings (SSSR count). The van der Waals surface area contributed by atoms with Crippen molar-refractivity contribution < 1.29 is 0 Å². The van der Waals surface area contributed by atoms with E-state index in [0.717, 1.165) is 17.1 Å². The van der Waals surface area contributed by atoms with Crippen molar-refractivity contribution in [2.24, 2.45) is 0 Å². The van der Waals surface area contributed by atoms with Crippen molar-refractivity contribution in [1.82, 2.24) is 0 Å². The Morgan fingerprint density at radius 1 is 0.328 bits per heavy atom. The third-order valence-corrected chi connectivity index (χ3v) is 14.6. The number of rotatable bonds is 6. The number of nitrogens with zero attached hydrogens (tertiary/aromatic N) is 1. The van der Waals surface area contributed by atoms with Crippen molar-refractivity contribution in [3.63, 3.8) is 0 Å². The summed E-state index contributed by atoms with van der Waals surface area (Å²) in [6.45, 7) is 25.9. The number of anilines is 3. The minimum atomic E-state index is -0.139. The van der Waals surface area contributed by atoms with Gasteiger partial charge in [-0.1, -0.05) is 191 Å². The second-order valence-electron chi connectivity index (χ2n) is 21.5. The number of para-hydroxylation sites is 1. The van der Waals surface area contributed by atoms with Gasteiger partial charge in [-0.25, -0.2) is 0 Å². The summed E-state index contributed by atoms with van der Waals surface area (Å²) in [5.41, 5.74) is 25.7. The molecule has 0 aromatic heterocycles. The molecule has 0 bridgehead atoms. The quantitative estimate of drug-likeness (QED) is 0.161. The Balaban J connectivity index is 1.17. The summed E-state index contributed by atoms with van der Waals surface area (Å²) in [4.78, 5) is 2.43. The number of benzene rings is 8. The van der Waals surface area contributed by atoms with Gasteiger partial charge < -0.3 is 4.90 Å². The molecule has 8 aromatic rings. The van der Waals surface area contributed by atoms with Gasteiger partial charge in [-0.05, 0) is 161 Å². The summed E-state index contributed by atoms with van der Waals surface area (Å²) in [5.74, 6) is 0. The summed E-state index contributed by atoms with van der Waals surface area (Å²) >= 11 is 0. The van der Waals surface area contributed by atoms with Gasteiger partial charge in [0.2, 0.25) is 0 Å². The molecule has 0 N–H and O–H groups in total. The lowest BCUT2D eigenvalue weighted by molar-refractivity contribution is 0.584. The molecule has 0 unspecified atom stereocenters. The predicted octanol–water partition coefficient (Wildman–Crippen LogP) is 17.7. The maximum atomic E-state index is 2.50. The second-order valence-corrected chi connectivity index (χ2v) is 21.5. The van der Waals surface area contributed by atoms with Crippen LogP contribution in [0.1, 0.15) is 108 Å². The second kappa shape index (κ2) is 14.8. The van der Waals surface area contributed by atoms with Gasteiger partial charge in [0, 0.05) is 27.9 Å². The summed E-state index contributed by atoms with van der Waals surface area (Å²) in [6.07, 6.45) is 0. The molecule has 0 saturated carbocycles. The fourth-order valence-electron chi connectivity index (χ4n) is 10.6. The first kappa shape index (κ1) is 41.6. The average Bonchev–Trinajstić information content (AvgIpc) is 3.65. The van der Waals surface area contributed by atoms with Crippen LogP contribution in [0.5, 0.6) is 0 Å². The maximum absolute atomic E-state index is 2.50. The molecule has 0 aliphatic heterocycles. The SMILES string of the molecule is Cc1c(-c2ccc3c(c2)C(C)(C)c2cc(C(C)(C)C)ccc2-3)cc(N(c2ccccc2)c2ccc(-c3ccccc3)cc2)cc1-c1ccc2c(c1)C(C)(C)c1cc(C(C)(C)C)ccc1-2. The van der Waals surface area contributed by atoms with E-state index >= 15 is 0 Å². The van der Waals surface area contributed by atoms with E-state index in [4.69, 9.17) is 0 Å². The Labute approximate surface area is 382 Å². The van der Waals surface area contributed by atoms with Crippen LogP contribution >= 0.6 is 0 Å². The molecule has 1 heteroatoms. The fourth-order valence-corrected chi connectivity index (χ4v) is 10.6. The molecule has 0 radical (unpaired) electrons. The van der Waals surface area contributed by atoms with Crippen molar-refractivity contribution >= 4 is 17.1 Å². The number of fused-ring (bicyclic) bond motifs is 6. The van der Waals surface area contributed by atoms with E-state index < -0.39 is 0 Å². The molecule has 0 saturated heterocycles. The molecular formula is C63H61N. The zero-order valence-corrected chi connectivity index (χ0v) is 39.6. The van der Waals surface area contributed by atoms with E-state index in [1.54, 1.807) is 0 Å². The monoisotopic (exact) mass is 831 g/mol. The Morgan fingerprint density at radius 2 is 0.688 bits per heavy atom. The molecule has 0 heterocycles. The van der Waals surface area contributed by atoms with Gasteiger partial charge in [0.15, 0.2) is 0 Å². The topological polar surface area (TPSA) is 3.24 Å². The molecule has 64 heavy (non-hydrogen) atoms. The predicted molar refractivity (Wildman–Crippen MR) is 275 cm³/mol.